The van der Waals surface area contributed by atoms with E-state index >= 15 is 0 Å². The molecule has 0 amide bonds. The van der Waals surface area contributed by atoms with E-state index in [0.29, 0.717) is 6.54 Å². The molecule has 0 fully saturated rings. The monoisotopic (exact) mass is 307 g/mol. The molecule has 1 unspecified atom stereocenters. The summed E-state index contributed by atoms with van der Waals surface area (Å²) in [5, 5.41) is 12.7. The van der Waals surface area contributed by atoms with Crippen LogP contribution in [-0.4, -0.2) is 23.3 Å². The molecule has 0 bridgehead atoms. The third-order valence-electron chi connectivity index (χ3n) is 3.78. The van der Waals surface area contributed by atoms with Crippen molar-refractivity contribution in [3.8, 4) is 0 Å². The van der Waals surface area contributed by atoms with E-state index in [1.807, 2.05) is 6.92 Å². The Morgan fingerprint density at radius 2 is 1.35 bits per heavy atom. The predicted octanol–water partition coefficient (Wildman–Crippen LogP) is 5.08. The molecule has 0 aromatic rings. The lowest BCUT2D eigenvalue weighted by molar-refractivity contribution is 0.173. The van der Waals surface area contributed by atoms with Crippen LogP contribution in [0.15, 0.2) is 0 Å². The molecular weight excluding hydrogens is 270 g/mol. The van der Waals surface area contributed by atoms with Gasteiger partial charge in [-0.15, -0.1) is 12.4 Å². The number of aliphatic hydroxyl groups excluding tert-OH is 1. The molecule has 0 radical (unpaired) electrons. The van der Waals surface area contributed by atoms with Gasteiger partial charge < -0.3 is 10.4 Å². The maximum Gasteiger partial charge on any atom is 0.0636 e. The van der Waals surface area contributed by atoms with Gasteiger partial charge in [-0.1, -0.05) is 64.7 Å². The van der Waals surface area contributed by atoms with Crippen molar-refractivity contribution in [2.24, 2.45) is 0 Å². The topological polar surface area (TPSA) is 32.3 Å². The second-order valence-electron chi connectivity index (χ2n) is 6.69. The van der Waals surface area contributed by atoms with Crippen molar-refractivity contribution in [2.75, 3.05) is 6.54 Å². The standard InChI is InChI=1S/C17H37NO.ClH/c1-5-6-7-8-9-10-11-12-13-14-17(3,4)18-15-16(2)19;/h16,18-19H,5-15H2,1-4H3;1H. The molecule has 0 aliphatic heterocycles. The number of aliphatic hydroxyl groups is 1. The van der Waals surface area contributed by atoms with Crippen LogP contribution in [-0.2, 0) is 0 Å². The van der Waals surface area contributed by atoms with Gasteiger partial charge in [0.1, 0.15) is 0 Å². The number of β-amino-alcohol motifs (C(OH)–C–C–N with tert-alkyl or cyclic N) is 1. The fraction of sp³-hybridized carbons (Fsp3) is 1.00. The molecule has 0 aromatic carbocycles. The van der Waals surface area contributed by atoms with Crippen molar-refractivity contribution in [1.82, 2.24) is 5.32 Å². The van der Waals surface area contributed by atoms with E-state index in [1.165, 1.54) is 64.2 Å². The third kappa shape index (κ3) is 16.3. The molecule has 0 aromatic heterocycles. The number of rotatable bonds is 13. The molecule has 2 N–H and O–H groups in total. The zero-order valence-electron chi connectivity index (χ0n) is 14.2. The summed E-state index contributed by atoms with van der Waals surface area (Å²) in [5.41, 5.74) is 0.165. The van der Waals surface area contributed by atoms with Crippen molar-refractivity contribution < 1.29 is 5.11 Å². The van der Waals surface area contributed by atoms with Gasteiger partial charge in [0, 0.05) is 12.1 Å². The van der Waals surface area contributed by atoms with E-state index in [9.17, 15) is 5.11 Å². The first kappa shape index (κ1) is 22.5. The van der Waals surface area contributed by atoms with Gasteiger partial charge >= 0.3 is 0 Å². The molecule has 0 aliphatic rings. The number of hydrogen-bond acceptors (Lipinski definition) is 2. The zero-order chi connectivity index (χ0) is 14.6. The van der Waals surface area contributed by atoms with Gasteiger partial charge in [0.05, 0.1) is 6.10 Å². The molecule has 0 aliphatic carbocycles. The maximum absolute atomic E-state index is 9.28. The minimum atomic E-state index is -0.248. The Balaban J connectivity index is 0. The van der Waals surface area contributed by atoms with Crippen LogP contribution in [0, 0.1) is 0 Å². The number of halogens is 1. The van der Waals surface area contributed by atoms with Gasteiger partial charge in [0.25, 0.3) is 0 Å². The van der Waals surface area contributed by atoms with Gasteiger partial charge in [-0.3, -0.25) is 0 Å². The highest BCUT2D eigenvalue weighted by Gasteiger charge is 2.16. The SMILES string of the molecule is CCCCCCCCCCCC(C)(C)NCC(C)O.Cl. The molecule has 3 heteroatoms. The average molecular weight is 308 g/mol. The summed E-state index contributed by atoms with van der Waals surface area (Å²) in [5.74, 6) is 0. The number of hydrogen-bond donors (Lipinski definition) is 2. The molecule has 20 heavy (non-hydrogen) atoms. The first-order valence-electron chi connectivity index (χ1n) is 8.41. The van der Waals surface area contributed by atoms with Crippen LogP contribution >= 0.6 is 12.4 Å². The van der Waals surface area contributed by atoms with Crippen molar-refractivity contribution in [1.29, 1.82) is 0 Å². The summed E-state index contributed by atoms with van der Waals surface area (Å²) in [4.78, 5) is 0. The Kier molecular flexibility index (Phi) is 15.9. The van der Waals surface area contributed by atoms with Crippen LogP contribution in [0.5, 0.6) is 0 Å². The minimum absolute atomic E-state index is 0. The summed E-state index contributed by atoms with van der Waals surface area (Å²) in [6, 6.07) is 0. The number of unbranched alkanes of at least 4 members (excludes halogenated alkanes) is 8. The molecule has 0 saturated carbocycles. The van der Waals surface area contributed by atoms with Crippen molar-refractivity contribution >= 4 is 12.4 Å². The van der Waals surface area contributed by atoms with Gasteiger partial charge in [0.2, 0.25) is 0 Å². The summed E-state index contributed by atoms with van der Waals surface area (Å²) < 4.78 is 0. The largest absolute Gasteiger partial charge is 0.392 e. The Labute approximate surface area is 133 Å². The second kappa shape index (κ2) is 14.2. The van der Waals surface area contributed by atoms with Crippen LogP contribution in [0.4, 0.5) is 0 Å². The van der Waals surface area contributed by atoms with E-state index in [-0.39, 0.29) is 24.0 Å². The lowest BCUT2D eigenvalue weighted by Gasteiger charge is -2.27. The zero-order valence-corrected chi connectivity index (χ0v) is 15.0. The number of nitrogens with one attached hydrogen (secondary N) is 1. The van der Waals surface area contributed by atoms with E-state index < -0.39 is 0 Å². The lowest BCUT2D eigenvalue weighted by atomic mass is 9.95. The van der Waals surface area contributed by atoms with Crippen molar-refractivity contribution in [3.63, 3.8) is 0 Å². The molecule has 124 valence electrons. The Bertz CT molecular complexity index is 195. The molecule has 0 rings (SSSR count). The normalized spacial score (nSPS) is 13.1. The van der Waals surface area contributed by atoms with Crippen LogP contribution in [0.1, 0.15) is 91.9 Å². The lowest BCUT2D eigenvalue weighted by Crippen LogP contribution is -2.42. The van der Waals surface area contributed by atoms with Crippen LogP contribution in [0.2, 0.25) is 0 Å². The highest BCUT2D eigenvalue weighted by atomic mass is 35.5. The van der Waals surface area contributed by atoms with Gasteiger partial charge in [-0.25, -0.2) is 0 Å². The van der Waals surface area contributed by atoms with Crippen LogP contribution < -0.4 is 5.32 Å². The van der Waals surface area contributed by atoms with Gasteiger partial charge in [-0.2, -0.15) is 0 Å². The van der Waals surface area contributed by atoms with Crippen LogP contribution in [0.25, 0.3) is 0 Å². The predicted molar refractivity (Wildman–Crippen MR) is 92.9 cm³/mol. The van der Waals surface area contributed by atoms with E-state index in [2.05, 4.69) is 26.1 Å². The molecule has 0 spiro atoms. The van der Waals surface area contributed by atoms with Gasteiger partial charge in [-0.05, 0) is 27.2 Å². The summed E-state index contributed by atoms with van der Waals surface area (Å²) >= 11 is 0. The summed E-state index contributed by atoms with van der Waals surface area (Å²) in [6.07, 6.45) is 13.4. The molecule has 0 heterocycles. The van der Waals surface area contributed by atoms with Gasteiger partial charge in [0.15, 0.2) is 0 Å². The van der Waals surface area contributed by atoms with Crippen molar-refractivity contribution in [2.45, 2.75) is 104 Å². The fourth-order valence-corrected chi connectivity index (χ4v) is 2.39. The highest BCUT2D eigenvalue weighted by molar-refractivity contribution is 5.85. The second-order valence-corrected chi connectivity index (χ2v) is 6.69. The first-order valence-corrected chi connectivity index (χ1v) is 8.41. The summed E-state index contributed by atoms with van der Waals surface area (Å²) in [6.45, 7) is 9.28. The van der Waals surface area contributed by atoms with E-state index in [0.717, 1.165) is 0 Å². The summed E-state index contributed by atoms with van der Waals surface area (Å²) in [7, 11) is 0. The molecule has 1 atom stereocenters. The highest BCUT2D eigenvalue weighted by Crippen LogP contribution is 2.16. The average Bonchev–Trinajstić information content (AvgIpc) is 2.34. The van der Waals surface area contributed by atoms with E-state index in [4.69, 9.17) is 0 Å². The Morgan fingerprint density at radius 3 is 1.80 bits per heavy atom. The third-order valence-corrected chi connectivity index (χ3v) is 3.78. The molecule has 2 nitrogen and oxygen atoms in total. The first-order chi connectivity index (χ1) is 8.98. The Morgan fingerprint density at radius 1 is 0.900 bits per heavy atom. The smallest absolute Gasteiger partial charge is 0.0636 e. The molecular formula is C17H38ClNO. The Hall–Kier alpha value is 0.210. The quantitative estimate of drug-likeness (QED) is 0.465. The molecule has 0 saturated heterocycles. The van der Waals surface area contributed by atoms with E-state index in [1.54, 1.807) is 0 Å². The minimum Gasteiger partial charge on any atom is -0.392 e. The fourth-order valence-electron chi connectivity index (χ4n) is 2.39. The van der Waals surface area contributed by atoms with Crippen molar-refractivity contribution in [3.05, 3.63) is 0 Å². The maximum atomic E-state index is 9.28. The van der Waals surface area contributed by atoms with Crippen LogP contribution in [0.3, 0.4) is 0 Å².